The number of halogens is 3. The van der Waals surface area contributed by atoms with E-state index in [9.17, 15) is 4.79 Å². The van der Waals surface area contributed by atoms with Crippen LogP contribution in [0.25, 0.3) is 0 Å². The van der Waals surface area contributed by atoms with Gasteiger partial charge in [0.1, 0.15) is 5.75 Å². The molecule has 1 fully saturated rings. The molecular weight excluding hydrogens is 385 g/mol. The Morgan fingerprint density at radius 1 is 1.00 bits per heavy atom. The molecule has 1 saturated heterocycles. The van der Waals surface area contributed by atoms with Gasteiger partial charge in [-0.2, -0.15) is 0 Å². The standard InChI is InChI=1S/C18H16Cl3NO3/c19-13-10-15(21)16(11-14(13)20)25-17(12-4-2-1-3-5-12)18(23)22-6-8-24-9-7-22/h1-5,10-11,17H,6-9H2/t17-/m0/s1. The van der Waals surface area contributed by atoms with E-state index in [2.05, 4.69) is 0 Å². The summed E-state index contributed by atoms with van der Waals surface area (Å²) in [5.41, 5.74) is 0.737. The van der Waals surface area contributed by atoms with Crippen LogP contribution >= 0.6 is 34.8 Å². The van der Waals surface area contributed by atoms with Crippen LogP contribution in [0.15, 0.2) is 42.5 Å². The number of carbonyl (C=O) groups is 1. The van der Waals surface area contributed by atoms with Crippen molar-refractivity contribution in [2.24, 2.45) is 0 Å². The molecule has 0 spiro atoms. The van der Waals surface area contributed by atoms with Gasteiger partial charge < -0.3 is 14.4 Å². The number of benzene rings is 2. The number of nitrogens with zero attached hydrogens (tertiary/aromatic N) is 1. The summed E-state index contributed by atoms with van der Waals surface area (Å²) in [6.45, 7) is 2.09. The maximum Gasteiger partial charge on any atom is 0.268 e. The van der Waals surface area contributed by atoms with Gasteiger partial charge in [-0.05, 0) is 6.07 Å². The third-order valence-corrected chi connectivity index (χ3v) is 4.89. The molecule has 1 aliphatic rings. The van der Waals surface area contributed by atoms with Crippen molar-refractivity contribution < 1.29 is 14.3 Å². The van der Waals surface area contributed by atoms with Crippen molar-refractivity contribution >= 4 is 40.7 Å². The van der Waals surface area contributed by atoms with Gasteiger partial charge in [0.25, 0.3) is 5.91 Å². The predicted octanol–water partition coefficient (Wildman–Crippen LogP) is 4.63. The zero-order valence-electron chi connectivity index (χ0n) is 13.3. The molecule has 132 valence electrons. The van der Waals surface area contributed by atoms with Crippen molar-refractivity contribution in [3.8, 4) is 5.75 Å². The monoisotopic (exact) mass is 399 g/mol. The van der Waals surface area contributed by atoms with E-state index in [0.717, 1.165) is 5.56 Å². The summed E-state index contributed by atoms with van der Waals surface area (Å²) in [5.74, 6) is 0.170. The molecule has 7 heteroatoms. The lowest BCUT2D eigenvalue weighted by molar-refractivity contribution is -0.143. The molecule has 3 rings (SSSR count). The largest absolute Gasteiger partial charge is 0.474 e. The van der Waals surface area contributed by atoms with Gasteiger partial charge in [-0.25, -0.2) is 0 Å². The SMILES string of the molecule is O=C([C@@H](Oc1cc(Cl)c(Cl)cc1Cl)c1ccccc1)N1CCOCC1. The zero-order valence-corrected chi connectivity index (χ0v) is 15.5. The fourth-order valence-electron chi connectivity index (χ4n) is 2.56. The van der Waals surface area contributed by atoms with Crippen molar-refractivity contribution in [3.63, 3.8) is 0 Å². The van der Waals surface area contributed by atoms with E-state index in [-0.39, 0.29) is 5.91 Å². The fourth-order valence-corrected chi connectivity index (χ4v) is 3.14. The highest BCUT2D eigenvalue weighted by Gasteiger charge is 2.29. The summed E-state index contributed by atoms with van der Waals surface area (Å²) in [6.07, 6.45) is -0.825. The van der Waals surface area contributed by atoms with Crippen LogP contribution in [-0.2, 0) is 9.53 Å². The summed E-state index contributed by atoms with van der Waals surface area (Å²) in [6, 6.07) is 12.3. The number of hydrogen-bond acceptors (Lipinski definition) is 3. The number of carbonyl (C=O) groups excluding carboxylic acids is 1. The van der Waals surface area contributed by atoms with Crippen LogP contribution in [0.5, 0.6) is 5.75 Å². The summed E-state index contributed by atoms with van der Waals surface area (Å²) in [7, 11) is 0. The van der Waals surface area contributed by atoms with Crippen LogP contribution in [0, 0.1) is 0 Å². The topological polar surface area (TPSA) is 38.8 Å². The predicted molar refractivity (Wildman–Crippen MR) is 98.7 cm³/mol. The Morgan fingerprint density at radius 3 is 2.32 bits per heavy atom. The Bertz CT molecular complexity index is 749. The van der Waals surface area contributed by atoms with E-state index in [1.54, 1.807) is 4.90 Å². The molecule has 25 heavy (non-hydrogen) atoms. The Hall–Kier alpha value is -1.46. The number of hydrogen-bond donors (Lipinski definition) is 0. The number of amides is 1. The van der Waals surface area contributed by atoms with Crippen molar-refractivity contribution in [1.82, 2.24) is 4.90 Å². The third-order valence-electron chi connectivity index (χ3n) is 3.87. The lowest BCUT2D eigenvalue weighted by Crippen LogP contribution is -2.44. The van der Waals surface area contributed by atoms with Gasteiger partial charge in [-0.1, -0.05) is 65.1 Å². The van der Waals surface area contributed by atoms with Crippen molar-refractivity contribution in [2.75, 3.05) is 26.3 Å². The molecular formula is C18H16Cl3NO3. The molecule has 0 unspecified atom stereocenters. The van der Waals surface area contributed by atoms with Gasteiger partial charge in [-0.15, -0.1) is 0 Å². The van der Waals surface area contributed by atoms with Gasteiger partial charge in [0.05, 0.1) is 28.3 Å². The highest BCUT2D eigenvalue weighted by Crippen LogP contribution is 2.36. The molecule has 0 aromatic heterocycles. The summed E-state index contributed by atoms with van der Waals surface area (Å²) in [5, 5.41) is 0.937. The van der Waals surface area contributed by atoms with E-state index in [0.29, 0.717) is 47.1 Å². The first-order chi connectivity index (χ1) is 12.1. The van der Waals surface area contributed by atoms with E-state index in [1.165, 1.54) is 12.1 Å². The average Bonchev–Trinajstić information content (AvgIpc) is 2.64. The lowest BCUT2D eigenvalue weighted by Gasteiger charge is -2.31. The highest BCUT2D eigenvalue weighted by molar-refractivity contribution is 6.43. The maximum atomic E-state index is 13.0. The number of morpholine rings is 1. The zero-order chi connectivity index (χ0) is 17.8. The summed E-state index contributed by atoms with van der Waals surface area (Å²) >= 11 is 18.2. The minimum absolute atomic E-state index is 0.142. The average molecular weight is 401 g/mol. The molecule has 1 aliphatic heterocycles. The number of rotatable bonds is 4. The molecule has 2 aromatic carbocycles. The minimum atomic E-state index is -0.825. The van der Waals surface area contributed by atoms with Gasteiger partial charge in [-0.3, -0.25) is 4.79 Å². The van der Waals surface area contributed by atoms with Crippen molar-refractivity contribution in [2.45, 2.75) is 6.10 Å². The van der Waals surface area contributed by atoms with E-state index in [1.807, 2.05) is 30.3 Å². The van der Waals surface area contributed by atoms with Gasteiger partial charge in [0, 0.05) is 24.7 Å². The highest BCUT2D eigenvalue weighted by atomic mass is 35.5. The molecule has 1 atom stereocenters. The van der Waals surface area contributed by atoms with Crippen LogP contribution in [0.2, 0.25) is 15.1 Å². The summed E-state index contributed by atoms with van der Waals surface area (Å²) in [4.78, 5) is 14.7. The van der Waals surface area contributed by atoms with Crippen molar-refractivity contribution in [1.29, 1.82) is 0 Å². The molecule has 4 nitrogen and oxygen atoms in total. The van der Waals surface area contributed by atoms with Crippen LogP contribution in [0.4, 0.5) is 0 Å². The number of ether oxygens (including phenoxy) is 2. The first-order valence-electron chi connectivity index (χ1n) is 7.79. The van der Waals surface area contributed by atoms with E-state index >= 15 is 0 Å². The van der Waals surface area contributed by atoms with Gasteiger partial charge in [0.2, 0.25) is 6.10 Å². The molecule has 0 saturated carbocycles. The third kappa shape index (κ3) is 4.39. The minimum Gasteiger partial charge on any atom is -0.474 e. The molecule has 2 aromatic rings. The quantitative estimate of drug-likeness (QED) is 0.703. The second kappa shape index (κ2) is 8.28. The van der Waals surface area contributed by atoms with Crippen LogP contribution < -0.4 is 4.74 Å². The normalized spacial score (nSPS) is 15.7. The summed E-state index contributed by atoms with van der Waals surface area (Å²) < 4.78 is 11.3. The van der Waals surface area contributed by atoms with Crippen molar-refractivity contribution in [3.05, 3.63) is 63.1 Å². The second-order valence-electron chi connectivity index (χ2n) is 5.54. The molecule has 0 aliphatic carbocycles. The maximum absolute atomic E-state index is 13.0. The molecule has 1 amide bonds. The molecule has 0 N–H and O–H groups in total. The molecule has 0 bridgehead atoms. The first kappa shape index (κ1) is 18.3. The Morgan fingerprint density at radius 2 is 1.64 bits per heavy atom. The lowest BCUT2D eigenvalue weighted by atomic mass is 10.1. The first-order valence-corrected chi connectivity index (χ1v) is 8.92. The molecule has 1 heterocycles. The smallest absolute Gasteiger partial charge is 0.268 e. The second-order valence-corrected chi connectivity index (χ2v) is 6.76. The van der Waals surface area contributed by atoms with Crippen LogP contribution in [0.1, 0.15) is 11.7 Å². The van der Waals surface area contributed by atoms with Crippen LogP contribution in [-0.4, -0.2) is 37.1 Å². The Labute approximate surface area is 161 Å². The fraction of sp³-hybridized carbons (Fsp3) is 0.278. The van der Waals surface area contributed by atoms with Crippen LogP contribution in [0.3, 0.4) is 0 Å². The molecule has 0 radical (unpaired) electrons. The van der Waals surface area contributed by atoms with Gasteiger partial charge in [0.15, 0.2) is 0 Å². The van der Waals surface area contributed by atoms with E-state index in [4.69, 9.17) is 44.3 Å². The Kier molecular flexibility index (Phi) is 6.07. The van der Waals surface area contributed by atoms with E-state index < -0.39 is 6.10 Å². The van der Waals surface area contributed by atoms with Gasteiger partial charge >= 0.3 is 0 Å². The Balaban J connectivity index is 1.91.